The van der Waals surface area contributed by atoms with Crippen molar-refractivity contribution in [2.24, 2.45) is 0 Å². The number of aliphatic hydroxyl groups excluding tert-OH is 2. The molecule has 4 heteroatoms. The molecule has 0 spiro atoms. The number of hydrogen-bond acceptors (Lipinski definition) is 3. The molecule has 0 aromatic carbocycles. The van der Waals surface area contributed by atoms with E-state index in [1.807, 2.05) is 6.08 Å². The van der Waals surface area contributed by atoms with Crippen LogP contribution in [0.4, 0.5) is 0 Å². The maximum Gasteiger partial charge on any atom is 0.220 e. The van der Waals surface area contributed by atoms with Crippen molar-refractivity contribution in [3.63, 3.8) is 0 Å². The molecule has 3 N–H and O–H groups in total. The Balaban J connectivity index is 3.40. The first-order valence-electron chi connectivity index (χ1n) is 25.6. The molecule has 56 heavy (non-hydrogen) atoms. The van der Waals surface area contributed by atoms with E-state index >= 15 is 0 Å². The number of carbonyl (C=O) groups excluding carboxylic acids is 1. The topological polar surface area (TPSA) is 69.6 Å². The minimum atomic E-state index is -0.840. The van der Waals surface area contributed by atoms with Gasteiger partial charge in [0.1, 0.15) is 0 Å². The zero-order valence-electron chi connectivity index (χ0n) is 38.2. The predicted octanol–water partition coefficient (Wildman–Crippen LogP) is 16.4. The highest BCUT2D eigenvalue weighted by atomic mass is 16.3. The van der Waals surface area contributed by atoms with E-state index < -0.39 is 12.1 Å². The van der Waals surface area contributed by atoms with Crippen molar-refractivity contribution in [2.75, 3.05) is 6.61 Å². The molecule has 0 fully saturated rings. The molecule has 0 heterocycles. The number of unbranched alkanes of at least 4 members (excludes halogenated alkanes) is 38. The van der Waals surface area contributed by atoms with Crippen LogP contribution in [-0.4, -0.2) is 34.9 Å². The third-order valence-corrected chi connectivity index (χ3v) is 11.9. The summed E-state index contributed by atoms with van der Waals surface area (Å²) in [5, 5.41) is 23.0. The normalized spacial score (nSPS) is 13.0. The molecule has 0 saturated carbocycles. The molecule has 0 aromatic rings. The first kappa shape index (κ1) is 54.9. The second-order valence-electron chi connectivity index (χ2n) is 17.6. The van der Waals surface area contributed by atoms with Crippen LogP contribution in [0.15, 0.2) is 24.3 Å². The molecule has 0 aliphatic rings. The number of amides is 1. The summed E-state index contributed by atoms with van der Waals surface area (Å²) in [5.41, 5.74) is 0. The largest absolute Gasteiger partial charge is 0.394 e. The summed E-state index contributed by atoms with van der Waals surface area (Å²) in [6.07, 6.45) is 63.4. The Hall–Kier alpha value is -1.13. The first-order valence-corrected chi connectivity index (χ1v) is 25.6. The summed E-state index contributed by atoms with van der Waals surface area (Å²) in [6.45, 7) is 4.28. The first-order chi connectivity index (χ1) is 27.7. The lowest BCUT2D eigenvalue weighted by Gasteiger charge is -2.20. The molecule has 2 atom stereocenters. The van der Waals surface area contributed by atoms with Gasteiger partial charge in [-0.2, -0.15) is 0 Å². The Bertz CT molecular complexity index is 810. The average Bonchev–Trinajstić information content (AvgIpc) is 3.20. The highest BCUT2D eigenvalue weighted by molar-refractivity contribution is 5.76. The number of rotatable bonds is 47. The third-order valence-electron chi connectivity index (χ3n) is 11.9. The standard InChI is InChI=1S/C52H101NO3/c1-3-5-7-9-11-13-15-16-17-18-19-20-21-22-23-24-25-26-27-28-29-30-31-32-33-34-35-36-38-39-41-43-45-47-51(55)50(49-54)53-52(56)48-46-44-42-40-37-14-12-10-8-6-4-2/h10,12,45,47,50-51,54-55H,3-9,11,13-44,46,48-49H2,1-2H3,(H,53,56)/b12-10-,47-45+. The van der Waals surface area contributed by atoms with Crippen LogP contribution in [0.1, 0.15) is 284 Å². The van der Waals surface area contributed by atoms with Gasteiger partial charge in [0.2, 0.25) is 5.91 Å². The van der Waals surface area contributed by atoms with Gasteiger partial charge in [0.25, 0.3) is 0 Å². The maximum absolute atomic E-state index is 12.3. The summed E-state index contributed by atoms with van der Waals surface area (Å²) in [4.78, 5) is 12.3. The zero-order chi connectivity index (χ0) is 40.7. The van der Waals surface area contributed by atoms with Crippen molar-refractivity contribution in [2.45, 2.75) is 296 Å². The molecule has 4 nitrogen and oxygen atoms in total. The monoisotopic (exact) mass is 788 g/mol. The molecule has 1 amide bonds. The van der Waals surface area contributed by atoms with E-state index in [1.165, 1.54) is 225 Å². The van der Waals surface area contributed by atoms with E-state index in [2.05, 4.69) is 31.3 Å². The van der Waals surface area contributed by atoms with Gasteiger partial charge < -0.3 is 15.5 Å². The molecule has 0 radical (unpaired) electrons. The van der Waals surface area contributed by atoms with Crippen molar-refractivity contribution < 1.29 is 15.0 Å². The van der Waals surface area contributed by atoms with E-state index in [4.69, 9.17) is 0 Å². The van der Waals surface area contributed by atoms with E-state index in [0.717, 1.165) is 38.5 Å². The van der Waals surface area contributed by atoms with Gasteiger partial charge in [-0.1, -0.05) is 263 Å². The molecule has 2 unspecified atom stereocenters. The molecule has 0 rings (SSSR count). The van der Waals surface area contributed by atoms with Crippen molar-refractivity contribution >= 4 is 5.91 Å². The van der Waals surface area contributed by atoms with Crippen LogP contribution in [0.2, 0.25) is 0 Å². The van der Waals surface area contributed by atoms with Gasteiger partial charge in [0.15, 0.2) is 0 Å². The fourth-order valence-electron chi connectivity index (χ4n) is 7.99. The fraction of sp³-hybridized carbons (Fsp3) is 0.904. The van der Waals surface area contributed by atoms with E-state index in [0.29, 0.717) is 6.42 Å². The van der Waals surface area contributed by atoms with Crippen LogP contribution in [0.3, 0.4) is 0 Å². The van der Waals surface area contributed by atoms with Crippen LogP contribution < -0.4 is 5.32 Å². The van der Waals surface area contributed by atoms with Crippen LogP contribution in [0.5, 0.6) is 0 Å². The number of nitrogens with one attached hydrogen (secondary N) is 1. The second kappa shape index (κ2) is 48.2. The molecule has 332 valence electrons. The van der Waals surface area contributed by atoms with Gasteiger partial charge in [-0.3, -0.25) is 4.79 Å². The molecule has 0 aliphatic carbocycles. The van der Waals surface area contributed by atoms with Gasteiger partial charge in [0, 0.05) is 6.42 Å². The Morgan fingerprint density at radius 1 is 0.411 bits per heavy atom. The summed E-state index contributed by atoms with van der Waals surface area (Å²) in [5.74, 6) is -0.0727. The number of aliphatic hydroxyl groups is 2. The van der Waals surface area contributed by atoms with Gasteiger partial charge in [-0.05, 0) is 38.5 Å². The quantitative estimate of drug-likeness (QED) is 0.0425. The maximum atomic E-state index is 12.3. The van der Waals surface area contributed by atoms with Crippen molar-refractivity contribution in [3.05, 3.63) is 24.3 Å². The van der Waals surface area contributed by atoms with Crippen LogP contribution >= 0.6 is 0 Å². The zero-order valence-corrected chi connectivity index (χ0v) is 38.2. The molecule has 0 aliphatic heterocycles. The third kappa shape index (κ3) is 44.0. The van der Waals surface area contributed by atoms with Crippen molar-refractivity contribution in [3.8, 4) is 0 Å². The molecular formula is C52H101NO3. The Morgan fingerprint density at radius 3 is 1.04 bits per heavy atom. The van der Waals surface area contributed by atoms with Crippen LogP contribution in [-0.2, 0) is 4.79 Å². The minimum absolute atomic E-state index is 0.0727. The van der Waals surface area contributed by atoms with Crippen LogP contribution in [0.25, 0.3) is 0 Å². The minimum Gasteiger partial charge on any atom is -0.394 e. The molecule has 0 saturated heterocycles. The molecular weight excluding hydrogens is 687 g/mol. The SMILES string of the molecule is CCCC/C=C\CCCCCCCC(=O)NC(CO)C(O)/C=C/CCCCCCCCCCCCCCCCCCCCCCCCCCCCCCCCC. The Labute approximate surface area is 351 Å². The van der Waals surface area contributed by atoms with E-state index in [9.17, 15) is 15.0 Å². The summed E-state index contributed by atoms with van der Waals surface area (Å²) in [7, 11) is 0. The van der Waals surface area contributed by atoms with Gasteiger partial charge in [-0.15, -0.1) is 0 Å². The van der Waals surface area contributed by atoms with Gasteiger partial charge >= 0.3 is 0 Å². The number of hydrogen-bond donors (Lipinski definition) is 3. The average molecular weight is 788 g/mol. The lowest BCUT2D eigenvalue weighted by Crippen LogP contribution is -2.45. The predicted molar refractivity (Wildman–Crippen MR) is 249 cm³/mol. The van der Waals surface area contributed by atoms with Crippen molar-refractivity contribution in [1.82, 2.24) is 5.32 Å². The molecule has 0 aromatic heterocycles. The van der Waals surface area contributed by atoms with Gasteiger partial charge in [-0.25, -0.2) is 0 Å². The Kier molecular flexibility index (Phi) is 47.3. The second-order valence-corrected chi connectivity index (χ2v) is 17.6. The number of carbonyl (C=O) groups is 1. The van der Waals surface area contributed by atoms with E-state index in [-0.39, 0.29) is 12.5 Å². The highest BCUT2D eigenvalue weighted by Crippen LogP contribution is 2.17. The highest BCUT2D eigenvalue weighted by Gasteiger charge is 2.18. The summed E-state index contributed by atoms with van der Waals surface area (Å²) in [6, 6.07) is -0.624. The smallest absolute Gasteiger partial charge is 0.220 e. The lowest BCUT2D eigenvalue weighted by atomic mass is 10.0. The van der Waals surface area contributed by atoms with Gasteiger partial charge in [0.05, 0.1) is 18.8 Å². The summed E-state index contributed by atoms with van der Waals surface area (Å²) < 4.78 is 0. The fourth-order valence-corrected chi connectivity index (χ4v) is 7.99. The summed E-state index contributed by atoms with van der Waals surface area (Å²) >= 11 is 0. The van der Waals surface area contributed by atoms with E-state index in [1.54, 1.807) is 6.08 Å². The van der Waals surface area contributed by atoms with Crippen LogP contribution in [0, 0.1) is 0 Å². The molecule has 0 bridgehead atoms. The Morgan fingerprint density at radius 2 is 0.696 bits per heavy atom. The lowest BCUT2D eigenvalue weighted by molar-refractivity contribution is -0.123. The van der Waals surface area contributed by atoms with Crippen molar-refractivity contribution in [1.29, 1.82) is 0 Å². The number of allylic oxidation sites excluding steroid dienone is 3.